The molecule has 2 aliphatic heterocycles. The van der Waals surface area contributed by atoms with E-state index in [1.807, 2.05) is 11.9 Å². The monoisotopic (exact) mass is 452 g/mol. The van der Waals surface area contributed by atoms with Crippen LogP contribution in [-0.4, -0.2) is 65.8 Å². The third kappa shape index (κ3) is 6.22. The van der Waals surface area contributed by atoms with Crippen molar-refractivity contribution in [1.29, 1.82) is 0 Å². The van der Waals surface area contributed by atoms with Gasteiger partial charge in [0.15, 0.2) is 5.17 Å². The van der Waals surface area contributed by atoms with E-state index in [1.54, 1.807) is 11.8 Å². The molecule has 0 bridgehead atoms. The van der Waals surface area contributed by atoms with E-state index in [-0.39, 0.29) is 17.7 Å². The normalized spacial score (nSPS) is 25.6. The second-order valence-electron chi connectivity index (χ2n) is 9.20. The second kappa shape index (κ2) is 11.3. The molecule has 3 aliphatic rings. The van der Waals surface area contributed by atoms with Crippen LogP contribution < -0.4 is 10.7 Å². The Kier molecular flexibility index (Phi) is 8.77. The van der Waals surface area contributed by atoms with Crippen molar-refractivity contribution in [1.82, 2.24) is 15.6 Å². The first-order valence-corrected chi connectivity index (χ1v) is 12.5. The first kappa shape index (κ1) is 24.0. The van der Waals surface area contributed by atoms with E-state index >= 15 is 0 Å². The van der Waals surface area contributed by atoms with Gasteiger partial charge in [-0.1, -0.05) is 44.9 Å². The second-order valence-corrected chi connectivity index (χ2v) is 10.2. The first-order chi connectivity index (χ1) is 14.9. The van der Waals surface area contributed by atoms with Crippen LogP contribution >= 0.6 is 11.8 Å². The summed E-state index contributed by atoms with van der Waals surface area (Å²) in [6, 6.07) is -0.475. The van der Waals surface area contributed by atoms with E-state index in [2.05, 4.69) is 29.7 Å². The molecule has 2 saturated heterocycles. The molecule has 174 valence electrons. The number of ketones is 1. The number of carbonyl (C=O) groups is 3. The van der Waals surface area contributed by atoms with Gasteiger partial charge in [-0.2, -0.15) is 0 Å². The topological polar surface area (TPSA) is 100 Å². The van der Waals surface area contributed by atoms with E-state index in [9.17, 15) is 14.4 Å². The predicted molar refractivity (Wildman–Crippen MR) is 121 cm³/mol. The Hall–Kier alpha value is -1.61. The number of hydrogen-bond acceptors (Lipinski definition) is 6. The summed E-state index contributed by atoms with van der Waals surface area (Å²) in [6.45, 7) is 5.38. The number of thioether (sulfide) groups is 1. The van der Waals surface area contributed by atoms with Gasteiger partial charge in [-0.25, -0.2) is 5.43 Å². The summed E-state index contributed by atoms with van der Waals surface area (Å²) < 4.78 is 5.41. The third-order valence-electron chi connectivity index (χ3n) is 6.72. The van der Waals surface area contributed by atoms with E-state index in [0.717, 1.165) is 37.9 Å². The fourth-order valence-electron chi connectivity index (χ4n) is 4.64. The van der Waals surface area contributed by atoms with Crippen LogP contribution in [0.3, 0.4) is 0 Å². The molecule has 1 unspecified atom stereocenters. The molecular weight excluding hydrogens is 416 g/mol. The Labute approximate surface area is 189 Å². The van der Waals surface area contributed by atoms with Crippen LogP contribution in [0.5, 0.6) is 0 Å². The van der Waals surface area contributed by atoms with Gasteiger partial charge in [0.2, 0.25) is 11.7 Å². The summed E-state index contributed by atoms with van der Waals surface area (Å²) in [5, 5.41) is 7.83. The van der Waals surface area contributed by atoms with Gasteiger partial charge in [-0.05, 0) is 37.5 Å². The van der Waals surface area contributed by atoms with Gasteiger partial charge in [0.1, 0.15) is 6.04 Å². The summed E-state index contributed by atoms with van der Waals surface area (Å²) in [6.07, 6.45) is 6.22. The lowest BCUT2D eigenvalue weighted by Crippen LogP contribution is -2.53. The number of carbonyl (C=O) groups excluding carboxylic acids is 3. The Bertz CT molecular complexity index is 687. The lowest BCUT2D eigenvalue weighted by molar-refractivity contribution is -0.142. The standard InChI is InChI=1S/C22H36N4O4S/c1-14(2)17-13-31-22(26(17)3)25-24-21(29)19(27)18(15-9-11-30-12-10-15)23-20(28)16-7-5-4-6-8-16/h14-18H,4-13H2,1-3H3,(H,23,28)(H,24,29)/b25-22-/t17-,18?/m0/s1. The van der Waals surface area contributed by atoms with E-state index in [0.29, 0.717) is 43.2 Å². The summed E-state index contributed by atoms with van der Waals surface area (Å²) in [5.74, 6) is -0.282. The average molecular weight is 453 g/mol. The van der Waals surface area contributed by atoms with Crippen LogP contribution in [0.2, 0.25) is 0 Å². The molecule has 0 aromatic heterocycles. The Morgan fingerprint density at radius 2 is 1.77 bits per heavy atom. The van der Waals surface area contributed by atoms with Crippen LogP contribution in [0.4, 0.5) is 0 Å². The minimum atomic E-state index is -0.823. The number of rotatable bonds is 7. The van der Waals surface area contributed by atoms with Gasteiger partial charge in [0.05, 0.1) is 0 Å². The fourth-order valence-corrected chi connectivity index (χ4v) is 6.02. The minimum Gasteiger partial charge on any atom is -0.381 e. The van der Waals surface area contributed by atoms with Crippen LogP contribution in [0.25, 0.3) is 0 Å². The molecule has 2 atom stereocenters. The molecule has 0 radical (unpaired) electrons. The highest BCUT2D eigenvalue weighted by molar-refractivity contribution is 8.14. The number of amides is 2. The Balaban J connectivity index is 1.64. The largest absolute Gasteiger partial charge is 0.381 e. The molecule has 0 aromatic carbocycles. The molecule has 3 fully saturated rings. The molecule has 2 heterocycles. The quantitative estimate of drug-likeness (QED) is 0.453. The van der Waals surface area contributed by atoms with Crippen molar-refractivity contribution in [3.05, 3.63) is 0 Å². The van der Waals surface area contributed by atoms with Gasteiger partial charge >= 0.3 is 5.91 Å². The van der Waals surface area contributed by atoms with Gasteiger partial charge in [0.25, 0.3) is 0 Å². The number of Topliss-reactive ketones (excluding diaryl/α,β-unsaturated/α-hetero) is 1. The number of ether oxygens (including phenoxy) is 1. The number of nitrogens with zero attached hydrogens (tertiary/aromatic N) is 2. The zero-order valence-electron chi connectivity index (χ0n) is 18.9. The van der Waals surface area contributed by atoms with E-state index < -0.39 is 17.7 Å². The van der Waals surface area contributed by atoms with Crippen molar-refractivity contribution >= 4 is 34.5 Å². The highest BCUT2D eigenvalue weighted by atomic mass is 32.2. The molecule has 3 rings (SSSR count). The average Bonchev–Trinajstić information content (AvgIpc) is 3.16. The fraction of sp³-hybridized carbons (Fsp3) is 0.818. The van der Waals surface area contributed by atoms with Crippen molar-refractivity contribution in [3.8, 4) is 0 Å². The van der Waals surface area contributed by atoms with E-state index in [1.165, 1.54) is 0 Å². The lowest BCUT2D eigenvalue weighted by atomic mass is 9.85. The van der Waals surface area contributed by atoms with Crippen molar-refractivity contribution < 1.29 is 19.1 Å². The number of amidine groups is 1. The minimum absolute atomic E-state index is 0.0660. The van der Waals surface area contributed by atoms with Crippen molar-refractivity contribution in [2.24, 2.45) is 22.9 Å². The van der Waals surface area contributed by atoms with Gasteiger partial charge in [-0.3, -0.25) is 14.4 Å². The Morgan fingerprint density at radius 1 is 1.10 bits per heavy atom. The smallest absolute Gasteiger partial charge is 0.309 e. The summed E-state index contributed by atoms with van der Waals surface area (Å²) >= 11 is 1.57. The van der Waals surface area contributed by atoms with E-state index in [4.69, 9.17) is 4.74 Å². The maximum atomic E-state index is 13.1. The predicted octanol–water partition coefficient (Wildman–Crippen LogP) is 2.14. The number of hydrazone groups is 1. The van der Waals surface area contributed by atoms with Crippen LogP contribution in [-0.2, 0) is 19.1 Å². The van der Waals surface area contributed by atoms with Crippen LogP contribution in [0.1, 0.15) is 58.8 Å². The molecular formula is C22H36N4O4S. The van der Waals surface area contributed by atoms with Crippen molar-refractivity contribution in [2.75, 3.05) is 26.0 Å². The molecule has 31 heavy (non-hydrogen) atoms. The van der Waals surface area contributed by atoms with Crippen molar-refractivity contribution in [2.45, 2.75) is 70.9 Å². The summed E-state index contributed by atoms with van der Waals surface area (Å²) in [5.41, 5.74) is 2.44. The van der Waals surface area contributed by atoms with Crippen molar-refractivity contribution in [3.63, 3.8) is 0 Å². The van der Waals surface area contributed by atoms with Gasteiger partial charge in [-0.15, -0.1) is 5.10 Å². The zero-order chi connectivity index (χ0) is 22.4. The molecule has 0 aromatic rings. The molecule has 1 aliphatic carbocycles. The lowest BCUT2D eigenvalue weighted by Gasteiger charge is -2.31. The molecule has 1 saturated carbocycles. The maximum Gasteiger partial charge on any atom is 0.309 e. The SMILES string of the molecule is CC(C)[C@@H]1CS/C(=N\NC(=O)C(=O)C(NC(=O)C2CCCCC2)C2CCOCC2)N1C. The molecule has 9 heteroatoms. The first-order valence-electron chi connectivity index (χ1n) is 11.5. The molecule has 0 spiro atoms. The Morgan fingerprint density at radius 3 is 2.39 bits per heavy atom. The zero-order valence-corrected chi connectivity index (χ0v) is 19.7. The van der Waals surface area contributed by atoms with Crippen LogP contribution in [0, 0.1) is 17.8 Å². The summed E-state index contributed by atoms with van der Waals surface area (Å²) in [7, 11) is 1.95. The van der Waals surface area contributed by atoms with Gasteiger partial charge in [0, 0.05) is 38.0 Å². The highest BCUT2D eigenvalue weighted by Crippen LogP contribution is 2.27. The summed E-state index contributed by atoms with van der Waals surface area (Å²) in [4.78, 5) is 40.6. The molecule has 8 nitrogen and oxygen atoms in total. The number of hydrogen-bond donors (Lipinski definition) is 2. The number of nitrogens with one attached hydrogen (secondary N) is 2. The highest BCUT2D eigenvalue weighted by Gasteiger charge is 2.37. The molecule has 2 N–H and O–H groups in total. The van der Waals surface area contributed by atoms with Crippen LogP contribution in [0.15, 0.2) is 5.10 Å². The molecule has 2 amide bonds. The third-order valence-corrected chi connectivity index (χ3v) is 7.87. The maximum absolute atomic E-state index is 13.1. The van der Waals surface area contributed by atoms with Gasteiger partial charge < -0.3 is 15.0 Å².